The predicted octanol–water partition coefficient (Wildman–Crippen LogP) is -1.89. The topological polar surface area (TPSA) is 210 Å². The van der Waals surface area contributed by atoms with Crippen molar-refractivity contribution in [1.29, 1.82) is 5.26 Å². The van der Waals surface area contributed by atoms with Crippen molar-refractivity contribution in [3.05, 3.63) is 35.9 Å². The Balaban J connectivity index is 1.99. The van der Waals surface area contributed by atoms with Crippen LogP contribution in [0.3, 0.4) is 0 Å². The van der Waals surface area contributed by atoms with Crippen molar-refractivity contribution in [1.82, 2.24) is 15.5 Å². The molecule has 1 fully saturated rings. The number of carbonyl (C=O) groups excluding carboxylic acids is 4. The largest absolute Gasteiger partial charge is 0.798 e. The van der Waals surface area contributed by atoms with Crippen molar-refractivity contribution in [3.8, 4) is 6.07 Å². The molecule has 0 bridgehead atoms. The Labute approximate surface area is 222 Å². The molecule has 0 radical (unpaired) electrons. The third-order valence-corrected chi connectivity index (χ3v) is 8.86. The summed E-state index contributed by atoms with van der Waals surface area (Å²) in [6.45, 7) is 2.98. The first-order chi connectivity index (χ1) is 17.9. The molecule has 5 N–H and O–H groups in total. The number of aliphatic carboxylic acids is 1. The summed E-state index contributed by atoms with van der Waals surface area (Å²) in [5.74, 6) is -5.57. The van der Waals surface area contributed by atoms with E-state index >= 15 is 0 Å². The maximum Gasteiger partial charge on any atom is 0.281 e. The zero-order valence-corrected chi connectivity index (χ0v) is 22.5. The highest BCUT2D eigenvalue weighted by atomic mass is 31.2. The number of nitrogens with one attached hydrogen (secondary N) is 2. The smallest absolute Gasteiger partial charge is 0.281 e. The number of quaternary nitrogens is 1. The molecular weight excluding hydrogens is 513 g/mol. The van der Waals surface area contributed by atoms with Crippen molar-refractivity contribution in [2.75, 3.05) is 12.7 Å². The molecule has 0 aromatic heterocycles. The van der Waals surface area contributed by atoms with Crippen LogP contribution < -0.4 is 26.4 Å². The summed E-state index contributed by atoms with van der Waals surface area (Å²) < 4.78 is 13.1. The molecule has 1 heterocycles. The average molecular weight is 549 g/mol. The highest BCUT2D eigenvalue weighted by molar-refractivity contribution is 7.57. The third kappa shape index (κ3) is 8.94. The fourth-order valence-electron chi connectivity index (χ4n) is 4.23. The van der Waals surface area contributed by atoms with Crippen LogP contribution in [-0.2, 0) is 30.2 Å². The lowest BCUT2D eigenvalue weighted by Gasteiger charge is -2.34. The van der Waals surface area contributed by atoms with Gasteiger partial charge >= 0.3 is 0 Å². The van der Waals surface area contributed by atoms with E-state index < -0.39 is 61.1 Å². The number of hydrogen-bond acceptors (Lipinski definition) is 8. The van der Waals surface area contributed by atoms with Crippen LogP contribution in [0.25, 0.3) is 0 Å². The summed E-state index contributed by atoms with van der Waals surface area (Å²) in [4.78, 5) is 63.4. The van der Waals surface area contributed by atoms with Crippen LogP contribution >= 0.6 is 7.37 Å². The first-order valence-electron chi connectivity index (χ1n) is 12.5. The standard InChI is InChI=1S/C25H36N5O7P/c1-16(25(34)35)28-23(32)19(13-18-7-4-3-5-8-18)15-38(36,37)17(2)29-22(31)11-10-21(27)24(33)30-12-6-9-20(30)14-26/h3-5,7-8,16-17,19-21H,6,9-13,15,27H2,1-2H3,(H,28,32)(H,29,31)(H,34,35)(H,36,37)/p-1/t16-,17+,19+,20?,21-/m0/s1. The van der Waals surface area contributed by atoms with E-state index in [1.807, 2.05) is 0 Å². The van der Waals surface area contributed by atoms with Gasteiger partial charge in [0, 0.05) is 38.8 Å². The molecule has 1 aliphatic rings. The molecule has 208 valence electrons. The molecule has 2 rings (SSSR count). The Morgan fingerprint density at radius 1 is 1.21 bits per heavy atom. The highest BCUT2D eigenvalue weighted by Gasteiger charge is 2.34. The van der Waals surface area contributed by atoms with Crippen LogP contribution in [-0.4, -0.2) is 65.2 Å². The molecule has 1 aromatic carbocycles. The number of benzene rings is 1. The molecular formula is C25H35N5O7P-. The van der Waals surface area contributed by atoms with Crippen LogP contribution in [0.15, 0.2) is 30.3 Å². The van der Waals surface area contributed by atoms with E-state index in [0.717, 1.165) is 6.42 Å². The first kappa shape index (κ1) is 31.0. The maximum atomic E-state index is 13.1. The van der Waals surface area contributed by atoms with Crippen molar-refractivity contribution >= 4 is 31.1 Å². The van der Waals surface area contributed by atoms with Gasteiger partial charge in [-0.2, -0.15) is 5.26 Å². The summed E-state index contributed by atoms with van der Waals surface area (Å²) in [5.41, 5.74) is 4.49. The van der Waals surface area contributed by atoms with Gasteiger partial charge in [-0.25, -0.2) is 0 Å². The molecule has 0 aliphatic carbocycles. The van der Waals surface area contributed by atoms with Gasteiger partial charge in [-0.3, -0.25) is 14.4 Å². The minimum absolute atomic E-state index is 0.0465. The molecule has 6 atom stereocenters. The lowest BCUT2D eigenvalue weighted by Crippen LogP contribution is -2.68. The van der Waals surface area contributed by atoms with Gasteiger partial charge in [-0.05, 0) is 38.7 Å². The van der Waals surface area contributed by atoms with E-state index in [1.165, 1.54) is 18.7 Å². The Hall–Kier alpha value is -3.26. The number of carboxylic acid groups (broad SMARTS) is 1. The second kappa shape index (κ2) is 14.0. The molecule has 2 unspecified atom stereocenters. The monoisotopic (exact) mass is 548 g/mol. The van der Waals surface area contributed by atoms with Crippen LogP contribution in [0.2, 0.25) is 0 Å². The Kier molecular flexibility index (Phi) is 11.4. The van der Waals surface area contributed by atoms with Gasteiger partial charge in [-0.1, -0.05) is 30.3 Å². The third-order valence-electron chi connectivity index (χ3n) is 6.60. The van der Waals surface area contributed by atoms with E-state index in [1.54, 1.807) is 30.3 Å². The summed E-state index contributed by atoms with van der Waals surface area (Å²) in [7, 11) is -4.38. The summed E-state index contributed by atoms with van der Waals surface area (Å²) in [6, 6.07) is 8.20. The number of carbonyl (C=O) groups is 4. The second-order valence-electron chi connectivity index (χ2n) is 9.64. The SMILES string of the molecule is C[C@H](NC(=O)[C@H](Cc1ccccc1)CP(=O)([O-])[C@H](C)NC(=O)CC[C@H]([NH3+])C(=O)N1CCCC1C#N)C(=O)[O-]. The van der Waals surface area contributed by atoms with Gasteiger partial charge in [0.1, 0.15) is 6.04 Å². The average Bonchev–Trinajstić information content (AvgIpc) is 3.35. The van der Waals surface area contributed by atoms with Crippen LogP contribution in [0.1, 0.15) is 45.1 Å². The van der Waals surface area contributed by atoms with Crippen molar-refractivity contribution in [3.63, 3.8) is 0 Å². The van der Waals surface area contributed by atoms with E-state index in [2.05, 4.69) is 22.4 Å². The maximum absolute atomic E-state index is 13.1. The molecule has 0 saturated carbocycles. The molecule has 1 aromatic rings. The van der Waals surface area contributed by atoms with Crippen molar-refractivity contribution < 1.29 is 39.5 Å². The number of nitrogens with zero attached hydrogens (tertiary/aromatic N) is 2. The minimum Gasteiger partial charge on any atom is -0.798 e. The quantitative estimate of drug-likeness (QED) is 0.237. The van der Waals surface area contributed by atoms with Crippen LogP contribution in [0.4, 0.5) is 0 Å². The van der Waals surface area contributed by atoms with E-state index in [4.69, 9.17) is 5.26 Å². The van der Waals surface area contributed by atoms with Gasteiger partial charge in [0.15, 0.2) is 6.04 Å². The fourth-order valence-corrected chi connectivity index (χ4v) is 5.79. The molecule has 38 heavy (non-hydrogen) atoms. The number of likely N-dealkylation sites (tertiary alicyclic amines) is 1. The first-order valence-corrected chi connectivity index (χ1v) is 14.4. The molecule has 3 amide bonds. The number of hydrogen-bond donors (Lipinski definition) is 3. The molecule has 12 nitrogen and oxygen atoms in total. The summed E-state index contributed by atoms with van der Waals surface area (Å²) in [5, 5.41) is 24.9. The van der Waals surface area contributed by atoms with Crippen molar-refractivity contribution in [2.24, 2.45) is 5.92 Å². The van der Waals surface area contributed by atoms with Gasteiger partial charge in [0.2, 0.25) is 11.8 Å². The van der Waals surface area contributed by atoms with E-state index in [0.29, 0.717) is 18.5 Å². The lowest BCUT2D eigenvalue weighted by molar-refractivity contribution is -0.407. The van der Waals surface area contributed by atoms with Crippen LogP contribution in [0, 0.1) is 17.2 Å². The summed E-state index contributed by atoms with van der Waals surface area (Å²) in [6.07, 6.45) is 0.701. The number of nitriles is 1. The predicted molar refractivity (Wildman–Crippen MR) is 133 cm³/mol. The number of amides is 3. The lowest BCUT2D eigenvalue weighted by atomic mass is 10.00. The highest BCUT2D eigenvalue weighted by Crippen LogP contribution is 2.42. The Morgan fingerprint density at radius 3 is 2.47 bits per heavy atom. The second-order valence-corrected chi connectivity index (χ2v) is 12.2. The van der Waals surface area contributed by atoms with E-state index in [-0.39, 0.29) is 25.2 Å². The molecule has 13 heteroatoms. The molecule has 1 saturated heterocycles. The number of rotatable bonds is 13. The van der Waals surface area contributed by atoms with Gasteiger partial charge in [0.25, 0.3) is 5.91 Å². The Bertz CT molecular complexity index is 1090. The fraction of sp³-hybridized carbons (Fsp3) is 0.560. The number of carboxylic acids is 1. The van der Waals surface area contributed by atoms with Gasteiger partial charge in [-0.15, -0.1) is 0 Å². The molecule has 1 aliphatic heterocycles. The zero-order chi connectivity index (χ0) is 28.5. The molecule has 0 spiro atoms. The van der Waals surface area contributed by atoms with E-state index in [9.17, 15) is 33.7 Å². The summed E-state index contributed by atoms with van der Waals surface area (Å²) >= 11 is 0. The van der Waals surface area contributed by atoms with Gasteiger partial charge < -0.3 is 40.6 Å². The van der Waals surface area contributed by atoms with Crippen molar-refractivity contribution in [2.45, 2.75) is 69.9 Å². The Morgan fingerprint density at radius 2 is 1.87 bits per heavy atom. The normalized spacial score (nSPS) is 19.8. The van der Waals surface area contributed by atoms with Crippen LogP contribution in [0.5, 0.6) is 0 Å². The van der Waals surface area contributed by atoms with Gasteiger partial charge in [0.05, 0.1) is 23.9 Å². The minimum atomic E-state index is -4.38. The zero-order valence-electron chi connectivity index (χ0n) is 21.6.